The minimum atomic E-state index is -0.0553. The topological polar surface area (TPSA) is 32.8 Å². The van der Waals surface area contributed by atoms with Crippen LogP contribution in [0.2, 0.25) is 0 Å². The molecule has 230 valence electrons. The van der Waals surface area contributed by atoms with Gasteiger partial charge in [0.15, 0.2) is 0 Å². The Labute approximate surface area is 244 Å². The van der Waals surface area contributed by atoms with Crippen LogP contribution in [-0.2, 0) is 4.74 Å². The number of rotatable bonds is 26. The first kappa shape index (κ1) is 36.0. The van der Waals surface area contributed by atoms with Crippen molar-refractivity contribution in [1.29, 1.82) is 0 Å². The van der Waals surface area contributed by atoms with Crippen molar-refractivity contribution < 1.29 is 9.53 Å². The minimum absolute atomic E-state index is 0.0553. The maximum absolute atomic E-state index is 13.0. The van der Waals surface area contributed by atoms with E-state index in [9.17, 15) is 4.79 Å². The molecule has 0 bridgehead atoms. The molecule has 1 aliphatic rings. The number of carbonyl (C=O) groups excluding carboxylic acids is 1. The predicted molar refractivity (Wildman–Crippen MR) is 171 cm³/mol. The van der Waals surface area contributed by atoms with Crippen molar-refractivity contribution in [2.24, 2.45) is 0 Å². The largest absolute Gasteiger partial charge is 0.446 e. The molecule has 0 saturated carbocycles. The average molecular weight is 549 g/mol. The summed E-state index contributed by atoms with van der Waals surface area (Å²) in [4.78, 5) is 17.4. The van der Waals surface area contributed by atoms with Gasteiger partial charge in [0, 0.05) is 26.2 Å². The fraction of sp³-hybridized carbons (Fsp3) is 0.914. The van der Waals surface area contributed by atoms with Crippen LogP contribution in [0.1, 0.15) is 168 Å². The Kier molecular flexibility index (Phi) is 25.1. The molecule has 0 aliphatic carbocycles. The predicted octanol–water partition coefficient (Wildman–Crippen LogP) is 10.7. The molecule has 1 amide bonds. The molecule has 0 unspecified atom stereocenters. The van der Waals surface area contributed by atoms with Crippen LogP contribution >= 0.6 is 0 Å². The number of nitrogens with zero attached hydrogens (tertiary/aromatic N) is 2. The van der Waals surface area contributed by atoms with Crippen molar-refractivity contribution in [3.8, 4) is 0 Å². The van der Waals surface area contributed by atoms with E-state index < -0.39 is 0 Å². The van der Waals surface area contributed by atoms with Gasteiger partial charge in [-0.25, -0.2) is 4.79 Å². The van der Waals surface area contributed by atoms with Crippen LogP contribution in [-0.4, -0.2) is 55.2 Å². The van der Waals surface area contributed by atoms with Crippen molar-refractivity contribution >= 4 is 6.09 Å². The Morgan fingerprint density at radius 1 is 0.641 bits per heavy atom. The van der Waals surface area contributed by atoms with Gasteiger partial charge >= 0.3 is 6.09 Å². The van der Waals surface area contributed by atoms with Gasteiger partial charge in [0.1, 0.15) is 6.10 Å². The fourth-order valence-corrected chi connectivity index (χ4v) is 5.60. The quantitative estimate of drug-likeness (QED) is 0.0796. The molecule has 1 fully saturated rings. The van der Waals surface area contributed by atoms with Gasteiger partial charge in [-0.1, -0.05) is 129 Å². The first-order valence-corrected chi connectivity index (χ1v) is 17.5. The summed E-state index contributed by atoms with van der Waals surface area (Å²) in [6, 6.07) is 0. The lowest BCUT2D eigenvalue weighted by Gasteiger charge is -2.31. The molecule has 1 rings (SSSR count). The second-order valence-corrected chi connectivity index (χ2v) is 12.3. The summed E-state index contributed by atoms with van der Waals surface area (Å²) in [5, 5.41) is 0. The maximum Gasteiger partial charge on any atom is 0.410 e. The highest BCUT2D eigenvalue weighted by atomic mass is 16.6. The third-order valence-electron chi connectivity index (χ3n) is 8.41. The molecule has 0 N–H and O–H groups in total. The fourth-order valence-electron chi connectivity index (χ4n) is 5.60. The van der Waals surface area contributed by atoms with Crippen LogP contribution in [0.5, 0.6) is 0 Å². The van der Waals surface area contributed by atoms with Crippen molar-refractivity contribution in [2.45, 2.75) is 174 Å². The molecule has 39 heavy (non-hydrogen) atoms. The Balaban J connectivity index is 2.15. The van der Waals surface area contributed by atoms with Gasteiger partial charge < -0.3 is 14.5 Å². The van der Waals surface area contributed by atoms with E-state index in [1.54, 1.807) is 0 Å². The SMILES string of the molecule is CCCCCCCC/C=C/CCCCCCCCN(CCCCCCCCCC)C(=O)OC1CCN(C)CC1. The summed E-state index contributed by atoms with van der Waals surface area (Å²) in [7, 11) is 2.15. The Morgan fingerprint density at radius 3 is 1.46 bits per heavy atom. The van der Waals surface area contributed by atoms with Crippen LogP contribution in [0.4, 0.5) is 4.79 Å². The number of amides is 1. The number of ether oxygens (including phenoxy) is 1. The summed E-state index contributed by atoms with van der Waals surface area (Å²) in [6.07, 6.45) is 35.7. The third kappa shape index (κ3) is 22.4. The number of unbranched alkanes of at least 4 members (excludes halogenated alkanes) is 19. The molecule has 0 radical (unpaired) electrons. The second kappa shape index (κ2) is 27.2. The molecular weight excluding hydrogens is 480 g/mol. The second-order valence-electron chi connectivity index (χ2n) is 12.3. The Bertz CT molecular complexity index is 557. The van der Waals surface area contributed by atoms with Crippen molar-refractivity contribution in [3.05, 3.63) is 12.2 Å². The van der Waals surface area contributed by atoms with Gasteiger partial charge in [-0.05, 0) is 58.4 Å². The lowest BCUT2D eigenvalue weighted by atomic mass is 10.1. The zero-order valence-electron chi connectivity index (χ0n) is 26.7. The van der Waals surface area contributed by atoms with Gasteiger partial charge in [0.25, 0.3) is 0 Å². The molecule has 4 heteroatoms. The van der Waals surface area contributed by atoms with Crippen LogP contribution in [0.25, 0.3) is 0 Å². The summed E-state index contributed by atoms with van der Waals surface area (Å²) in [6.45, 7) is 8.35. The lowest BCUT2D eigenvalue weighted by molar-refractivity contribution is 0.0323. The minimum Gasteiger partial charge on any atom is -0.446 e. The Hall–Kier alpha value is -1.03. The van der Waals surface area contributed by atoms with Crippen LogP contribution in [0, 0.1) is 0 Å². The van der Waals surface area contributed by atoms with Gasteiger partial charge in [-0.2, -0.15) is 0 Å². The zero-order valence-corrected chi connectivity index (χ0v) is 26.7. The van der Waals surface area contributed by atoms with E-state index in [-0.39, 0.29) is 12.2 Å². The molecule has 0 atom stereocenters. The first-order valence-electron chi connectivity index (χ1n) is 17.5. The van der Waals surface area contributed by atoms with E-state index in [0.29, 0.717) is 0 Å². The molecule has 1 heterocycles. The number of allylic oxidation sites excluding steroid dienone is 2. The highest BCUT2D eigenvalue weighted by Gasteiger charge is 2.23. The van der Waals surface area contributed by atoms with E-state index in [1.165, 1.54) is 128 Å². The molecular formula is C35H68N2O2. The smallest absolute Gasteiger partial charge is 0.410 e. The third-order valence-corrected chi connectivity index (χ3v) is 8.41. The monoisotopic (exact) mass is 549 g/mol. The van der Waals surface area contributed by atoms with E-state index in [1.807, 2.05) is 4.90 Å². The molecule has 0 aromatic rings. The van der Waals surface area contributed by atoms with Gasteiger partial charge in [-0.15, -0.1) is 0 Å². The van der Waals surface area contributed by atoms with E-state index >= 15 is 0 Å². The first-order chi connectivity index (χ1) is 19.2. The highest BCUT2D eigenvalue weighted by Crippen LogP contribution is 2.16. The number of likely N-dealkylation sites (tertiary alicyclic amines) is 1. The normalized spacial score (nSPS) is 14.8. The number of hydrogen-bond acceptors (Lipinski definition) is 3. The zero-order chi connectivity index (χ0) is 28.2. The van der Waals surface area contributed by atoms with E-state index in [0.717, 1.165) is 51.9 Å². The van der Waals surface area contributed by atoms with Gasteiger partial charge in [0.2, 0.25) is 0 Å². The molecule has 0 aromatic carbocycles. The standard InChI is InChI=1S/C35H68N2O2/c1-4-6-8-10-12-14-15-16-17-18-19-20-21-23-25-27-31-37(30-26-24-22-13-11-9-7-5-2)35(38)39-34-28-32-36(3)33-29-34/h16-17,34H,4-15,18-33H2,1-3H3/b17-16+. The molecule has 0 aromatic heterocycles. The Morgan fingerprint density at radius 2 is 1.03 bits per heavy atom. The number of piperidine rings is 1. The van der Waals surface area contributed by atoms with Gasteiger partial charge in [0.05, 0.1) is 0 Å². The van der Waals surface area contributed by atoms with E-state index in [4.69, 9.17) is 4.74 Å². The van der Waals surface area contributed by atoms with Crippen molar-refractivity contribution in [2.75, 3.05) is 33.2 Å². The van der Waals surface area contributed by atoms with Crippen molar-refractivity contribution in [3.63, 3.8) is 0 Å². The van der Waals surface area contributed by atoms with Crippen molar-refractivity contribution in [1.82, 2.24) is 9.80 Å². The van der Waals surface area contributed by atoms with Gasteiger partial charge in [-0.3, -0.25) is 0 Å². The lowest BCUT2D eigenvalue weighted by Crippen LogP contribution is -2.40. The van der Waals surface area contributed by atoms with Crippen LogP contribution in [0.3, 0.4) is 0 Å². The number of carbonyl (C=O) groups is 1. The molecule has 1 saturated heterocycles. The summed E-state index contributed by atoms with van der Waals surface area (Å²) >= 11 is 0. The van der Waals surface area contributed by atoms with Crippen LogP contribution < -0.4 is 0 Å². The maximum atomic E-state index is 13.0. The molecule has 4 nitrogen and oxygen atoms in total. The van der Waals surface area contributed by atoms with Crippen LogP contribution in [0.15, 0.2) is 12.2 Å². The summed E-state index contributed by atoms with van der Waals surface area (Å²) < 4.78 is 5.96. The average Bonchev–Trinajstić information content (AvgIpc) is 2.94. The molecule has 0 spiro atoms. The highest BCUT2D eigenvalue weighted by molar-refractivity contribution is 5.67. The summed E-state index contributed by atoms with van der Waals surface area (Å²) in [5.41, 5.74) is 0. The molecule has 1 aliphatic heterocycles. The summed E-state index contributed by atoms with van der Waals surface area (Å²) in [5.74, 6) is 0. The number of hydrogen-bond donors (Lipinski definition) is 0. The van der Waals surface area contributed by atoms with E-state index in [2.05, 4.69) is 37.9 Å².